The van der Waals surface area contributed by atoms with Crippen LogP contribution >= 0.6 is 11.3 Å². The number of aliphatic hydroxyl groups excluding tert-OH is 1. The van der Waals surface area contributed by atoms with E-state index in [1.807, 2.05) is 29.3 Å². The summed E-state index contributed by atoms with van der Waals surface area (Å²) in [6, 6.07) is 8.20. The molecule has 0 bridgehead atoms. The third-order valence-corrected chi connectivity index (χ3v) is 5.00. The molecule has 5 nitrogen and oxygen atoms in total. The van der Waals surface area contributed by atoms with Crippen molar-refractivity contribution in [2.24, 2.45) is 0 Å². The molecule has 2 aromatic rings. The zero-order valence-corrected chi connectivity index (χ0v) is 14.0. The molecule has 1 aromatic heterocycles. The summed E-state index contributed by atoms with van der Waals surface area (Å²) in [7, 11) is 0. The normalized spacial score (nSPS) is 16.2. The first-order valence-corrected chi connectivity index (χ1v) is 8.75. The van der Waals surface area contributed by atoms with Gasteiger partial charge in [0.05, 0.1) is 11.7 Å². The number of nitrogens with one attached hydrogen (secondary N) is 1. The van der Waals surface area contributed by atoms with Crippen LogP contribution in [0, 0.1) is 6.92 Å². The molecule has 1 aliphatic rings. The van der Waals surface area contributed by atoms with E-state index in [1.54, 1.807) is 0 Å². The minimum atomic E-state index is -0.144. The van der Waals surface area contributed by atoms with Crippen molar-refractivity contribution in [3.63, 3.8) is 0 Å². The van der Waals surface area contributed by atoms with Gasteiger partial charge in [0.25, 0.3) is 0 Å². The molecule has 0 saturated heterocycles. The van der Waals surface area contributed by atoms with Crippen LogP contribution in [0.1, 0.15) is 35.7 Å². The van der Waals surface area contributed by atoms with Gasteiger partial charge < -0.3 is 10.0 Å². The van der Waals surface area contributed by atoms with Gasteiger partial charge in [0, 0.05) is 18.5 Å². The van der Waals surface area contributed by atoms with E-state index in [0.29, 0.717) is 18.1 Å². The molecular weight excluding hydrogens is 310 g/mol. The predicted octanol–water partition coefficient (Wildman–Crippen LogP) is 3.36. The van der Waals surface area contributed by atoms with Crippen LogP contribution in [0.15, 0.2) is 29.6 Å². The number of hydrogen-bond donors (Lipinski definition) is 2. The van der Waals surface area contributed by atoms with Gasteiger partial charge in [-0.15, -0.1) is 11.3 Å². The summed E-state index contributed by atoms with van der Waals surface area (Å²) in [4.78, 5) is 18.9. The largest absolute Gasteiger partial charge is 0.396 e. The number of rotatable bonds is 5. The van der Waals surface area contributed by atoms with Crippen molar-refractivity contribution >= 4 is 22.5 Å². The van der Waals surface area contributed by atoms with Crippen molar-refractivity contribution in [2.45, 2.75) is 32.2 Å². The zero-order chi connectivity index (χ0) is 16.2. The first-order chi connectivity index (χ1) is 11.2. The van der Waals surface area contributed by atoms with Gasteiger partial charge in [0.15, 0.2) is 5.13 Å². The molecule has 0 spiro atoms. The Kier molecular flexibility index (Phi) is 4.93. The van der Waals surface area contributed by atoms with E-state index >= 15 is 0 Å². The maximum atomic E-state index is 12.7. The molecule has 2 amide bonds. The van der Waals surface area contributed by atoms with Crippen molar-refractivity contribution in [1.29, 1.82) is 0 Å². The third-order valence-electron chi connectivity index (χ3n) is 4.13. The number of aliphatic hydroxyl groups is 1. The lowest BCUT2D eigenvalue weighted by atomic mass is 10.1. The average Bonchev–Trinajstić information content (AvgIpc) is 3.15. The first kappa shape index (κ1) is 16.0. The Morgan fingerprint density at radius 3 is 3.04 bits per heavy atom. The number of aromatic nitrogens is 1. The van der Waals surface area contributed by atoms with E-state index in [-0.39, 0.29) is 18.7 Å². The van der Waals surface area contributed by atoms with Crippen LogP contribution in [0.5, 0.6) is 0 Å². The van der Waals surface area contributed by atoms with Crippen LogP contribution in [0.4, 0.5) is 9.93 Å². The molecule has 1 aromatic carbocycles. The highest BCUT2D eigenvalue weighted by molar-refractivity contribution is 7.13. The van der Waals surface area contributed by atoms with Gasteiger partial charge in [-0.2, -0.15) is 0 Å². The smallest absolute Gasteiger partial charge is 0.324 e. The second-order valence-electron chi connectivity index (χ2n) is 5.75. The Morgan fingerprint density at radius 2 is 2.30 bits per heavy atom. The minimum absolute atomic E-state index is 0.0683. The number of carbonyl (C=O) groups is 1. The van der Waals surface area contributed by atoms with Gasteiger partial charge in [-0.25, -0.2) is 9.78 Å². The Bertz CT molecular complexity index is 686. The molecule has 2 N–H and O–H groups in total. The molecular formula is C17H21N3O2S. The summed E-state index contributed by atoms with van der Waals surface area (Å²) in [6.07, 6.45) is 2.48. The second kappa shape index (κ2) is 7.10. The fourth-order valence-electron chi connectivity index (χ4n) is 3.07. The van der Waals surface area contributed by atoms with Gasteiger partial charge in [0.1, 0.15) is 0 Å². The summed E-state index contributed by atoms with van der Waals surface area (Å²) >= 11 is 1.43. The number of nitrogens with zero attached hydrogens (tertiary/aromatic N) is 2. The van der Waals surface area contributed by atoms with E-state index in [0.717, 1.165) is 18.5 Å². The second-order valence-corrected chi connectivity index (χ2v) is 6.61. The van der Waals surface area contributed by atoms with Crippen LogP contribution < -0.4 is 5.32 Å². The number of carbonyl (C=O) groups excluding carboxylic acids is 1. The third kappa shape index (κ3) is 3.54. The topological polar surface area (TPSA) is 65.5 Å². The van der Waals surface area contributed by atoms with Gasteiger partial charge in [-0.05, 0) is 37.3 Å². The standard InChI is InChI=1S/C17H21N3O2S/c1-12-11-23-16(18-12)19-17(22)20(9-4-10-21)15-8-7-13-5-2-3-6-14(13)15/h2-3,5-6,11,15,21H,4,7-10H2,1H3,(H,18,19,22)/t15-/m0/s1. The number of aryl methyl sites for hydroxylation is 2. The van der Waals surface area contributed by atoms with Crippen LogP contribution in [0.2, 0.25) is 0 Å². The van der Waals surface area contributed by atoms with Crippen molar-refractivity contribution in [2.75, 3.05) is 18.5 Å². The Labute approximate surface area is 140 Å². The molecule has 6 heteroatoms. The Hall–Kier alpha value is -1.92. The van der Waals surface area contributed by atoms with Gasteiger partial charge in [-0.1, -0.05) is 24.3 Å². The molecule has 23 heavy (non-hydrogen) atoms. The zero-order valence-electron chi connectivity index (χ0n) is 13.2. The summed E-state index contributed by atoms with van der Waals surface area (Å²) < 4.78 is 0. The summed E-state index contributed by atoms with van der Waals surface area (Å²) in [6.45, 7) is 2.52. The number of anilines is 1. The summed E-state index contributed by atoms with van der Waals surface area (Å²) in [5, 5.41) is 14.6. The highest BCUT2D eigenvalue weighted by Crippen LogP contribution is 2.36. The number of amides is 2. The average molecular weight is 331 g/mol. The van der Waals surface area contributed by atoms with E-state index in [1.165, 1.54) is 22.5 Å². The van der Waals surface area contributed by atoms with Crippen molar-refractivity contribution in [1.82, 2.24) is 9.88 Å². The van der Waals surface area contributed by atoms with Gasteiger partial charge in [-0.3, -0.25) is 5.32 Å². The fraction of sp³-hybridized carbons (Fsp3) is 0.412. The van der Waals surface area contributed by atoms with E-state index in [9.17, 15) is 4.79 Å². The van der Waals surface area contributed by atoms with E-state index < -0.39 is 0 Å². The van der Waals surface area contributed by atoms with Crippen LogP contribution in [-0.2, 0) is 6.42 Å². The SMILES string of the molecule is Cc1csc(NC(=O)N(CCCO)[C@H]2CCc3ccccc32)n1. The predicted molar refractivity (Wildman–Crippen MR) is 91.8 cm³/mol. The molecule has 1 aliphatic carbocycles. The van der Waals surface area contributed by atoms with Crippen LogP contribution in [0.25, 0.3) is 0 Å². The number of hydrogen-bond acceptors (Lipinski definition) is 4. The molecule has 0 radical (unpaired) electrons. The molecule has 0 fully saturated rings. The highest BCUT2D eigenvalue weighted by Gasteiger charge is 2.30. The number of fused-ring (bicyclic) bond motifs is 1. The maximum Gasteiger partial charge on any atom is 0.324 e. The fourth-order valence-corrected chi connectivity index (χ4v) is 3.75. The molecule has 0 aliphatic heterocycles. The molecule has 122 valence electrons. The summed E-state index contributed by atoms with van der Waals surface area (Å²) in [5.74, 6) is 0. The monoisotopic (exact) mass is 331 g/mol. The number of urea groups is 1. The number of thiazole rings is 1. The van der Waals surface area contributed by atoms with Gasteiger partial charge in [0.2, 0.25) is 0 Å². The molecule has 1 atom stereocenters. The quantitative estimate of drug-likeness (QED) is 0.883. The maximum absolute atomic E-state index is 12.7. The lowest BCUT2D eigenvalue weighted by Gasteiger charge is -2.29. The lowest BCUT2D eigenvalue weighted by Crippen LogP contribution is -2.38. The first-order valence-electron chi connectivity index (χ1n) is 7.87. The highest BCUT2D eigenvalue weighted by atomic mass is 32.1. The van der Waals surface area contributed by atoms with Crippen LogP contribution in [-0.4, -0.2) is 34.2 Å². The van der Waals surface area contributed by atoms with Crippen molar-refractivity contribution < 1.29 is 9.90 Å². The number of benzene rings is 1. The molecule has 0 unspecified atom stereocenters. The molecule has 1 heterocycles. The Morgan fingerprint density at radius 1 is 1.48 bits per heavy atom. The van der Waals surface area contributed by atoms with E-state index in [4.69, 9.17) is 5.11 Å². The van der Waals surface area contributed by atoms with Crippen molar-refractivity contribution in [3.05, 3.63) is 46.5 Å². The summed E-state index contributed by atoms with van der Waals surface area (Å²) in [5.41, 5.74) is 3.43. The van der Waals surface area contributed by atoms with Crippen LogP contribution in [0.3, 0.4) is 0 Å². The van der Waals surface area contributed by atoms with Gasteiger partial charge >= 0.3 is 6.03 Å². The van der Waals surface area contributed by atoms with E-state index in [2.05, 4.69) is 22.4 Å². The molecule has 0 saturated carbocycles. The molecule has 3 rings (SSSR count). The lowest BCUT2D eigenvalue weighted by molar-refractivity contribution is 0.177. The van der Waals surface area contributed by atoms with Crippen molar-refractivity contribution in [3.8, 4) is 0 Å². The Balaban J connectivity index is 1.79. The minimum Gasteiger partial charge on any atom is -0.396 e.